The zero-order valence-corrected chi connectivity index (χ0v) is 8.84. The minimum atomic E-state index is -0.728. The standard InChI is InChI=1S/C12H12O4/c1-15-8-4-2-3-6-9-7(5-16-11(6)8)10(9)12(13)14/h2-4,7,9-10H,5H2,1H3,(H,13,14). The van der Waals surface area contributed by atoms with Gasteiger partial charge in [-0.15, -0.1) is 0 Å². The molecule has 2 aliphatic rings. The molecule has 0 saturated heterocycles. The van der Waals surface area contributed by atoms with Gasteiger partial charge in [0.2, 0.25) is 0 Å². The van der Waals surface area contributed by atoms with Gasteiger partial charge in [0, 0.05) is 17.4 Å². The lowest BCUT2D eigenvalue weighted by Crippen LogP contribution is -2.09. The van der Waals surface area contributed by atoms with Crippen LogP contribution in [-0.4, -0.2) is 24.8 Å². The average molecular weight is 220 g/mol. The Bertz CT molecular complexity index is 454. The summed E-state index contributed by atoms with van der Waals surface area (Å²) in [6, 6.07) is 5.63. The van der Waals surface area contributed by atoms with Crippen LogP contribution in [0.15, 0.2) is 18.2 Å². The molecule has 0 radical (unpaired) electrons. The van der Waals surface area contributed by atoms with Gasteiger partial charge in [-0.2, -0.15) is 0 Å². The zero-order chi connectivity index (χ0) is 11.3. The Kier molecular flexibility index (Phi) is 1.87. The second-order valence-electron chi connectivity index (χ2n) is 4.24. The third-order valence-corrected chi connectivity index (χ3v) is 3.46. The number of fused-ring (bicyclic) bond motifs is 3. The molecule has 1 N–H and O–H groups in total. The first-order valence-corrected chi connectivity index (χ1v) is 5.26. The molecule has 3 unspecified atom stereocenters. The van der Waals surface area contributed by atoms with Crippen LogP contribution in [-0.2, 0) is 4.79 Å². The maximum absolute atomic E-state index is 11.0. The van der Waals surface area contributed by atoms with E-state index in [1.165, 1.54) is 0 Å². The van der Waals surface area contributed by atoms with Crippen LogP contribution in [0.25, 0.3) is 0 Å². The van der Waals surface area contributed by atoms with Gasteiger partial charge >= 0.3 is 5.97 Å². The highest BCUT2D eigenvalue weighted by Gasteiger charge is 2.59. The Morgan fingerprint density at radius 2 is 2.38 bits per heavy atom. The highest BCUT2D eigenvalue weighted by atomic mass is 16.5. The summed E-state index contributed by atoms with van der Waals surface area (Å²) >= 11 is 0. The minimum absolute atomic E-state index is 0.108. The predicted octanol–water partition coefficient (Wildman–Crippen LogP) is 1.50. The van der Waals surface area contributed by atoms with Crippen molar-refractivity contribution in [1.82, 2.24) is 0 Å². The second-order valence-corrected chi connectivity index (χ2v) is 4.24. The lowest BCUT2D eigenvalue weighted by molar-refractivity contribution is -0.139. The number of benzene rings is 1. The van der Waals surface area contributed by atoms with E-state index in [4.69, 9.17) is 14.6 Å². The Morgan fingerprint density at radius 3 is 3.06 bits per heavy atom. The van der Waals surface area contributed by atoms with Crippen molar-refractivity contribution in [2.24, 2.45) is 11.8 Å². The Balaban J connectivity index is 2.02. The van der Waals surface area contributed by atoms with Crippen molar-refractivity contribution < 1.29 is 19.4 Å². The molecule has 1 aliphatic heterocycles. The van der Waals surface area contributed by atoms with Crippen molar-refractivity contribution >= 4 is 5.97 Å². The smallest absolute Gasteiger partial charge is 0.307 e. The number of carboxylic acid groups (broad SMARTS) is 1. The van der Waals surface area contributed by atoms with Gasteiger partial charge in [-0.3, -0.25) is 4.79 Å². The Labute approximate surface area is 92.8 Å². The number of hydrogen-bond acceptors (Lipinski definition) is 3. The van der Waals surface area contributed by atoms with Crippen LogP contribution in [0.3, 0.4) is 0 Å². The summed E-state index contributed by atoms with van der Waals surface area (Å²) in [7, 11) is 1.59. The van der Waals surface area contributed by atoms with Crippen LogP contribution in [0.2, 0.25) is 0 Å². The Hall–Kier alpha value is -1.71. The zero-order valence-electron chi connectivity index (χ0n) is 8.84. The molecule has 0 bridgehead atoms. The fraction of sp³-hybridized carbons (Fsp3) is 0.417. The summed E-state index contributed by atoms with van der Waals surface area (Å²) in [6.07, 6.45) is 0. The van der Waals surface area contributed by atoms with Gasteiger partial charge in [0.15, 0.2) is 11.5 Å². The molecule has 1 fully saturated rings. The fourth-order valence-electron chi connectivity index (χ4n) is 2.63. The van der Waals surface area contributed by atoms with Crippen LogP contribution in [0.1, 0.15) is 11.5 Å². The van der Waals surface area contributed by atoms with Crippen molar-refractivity contribution in [1.29, 1.82) is 0 Å². The van der Waals surface area contributed by atoms with E-state index in [1.54, 1.807) is 7.11 Å². The van der Waals surface area contributed by atoms with E-state index < -0.39 is 5.97 Å². The molecule has 1 aromatic carbocycles. The van der Waals surface area contributed by atoms with Gasteiger partial charge in [0.25, 0.3) is 0 Å². The number of aliphatic carboxylic acids is 1. The van der Waals surface area contributed by atoms with Crippen molar-refractivity contribution in [3.63, 3.8) is 0 Å². The van der Waals surface area contributed by atoms with Crippen LogP contribution >= 0.6 is 0 Å². The normalized spacial score (nSPS) is 29.7. The van der Waals surface area contributed by atoms with Crippen molar-refractivity contribution in [3.05, 3.63) is 23.8 Å². The molecule has 84 valence electrons. The Morgan fingerprint density at radius 1 is 1.56 bits per heavy atom. The number of carboxylic acids is 1. The summed E-state index contributed by atoms with van der Waals surface area (Å²) < 4.78 is 10.8. The molecule has 3 atom stereocenters. The minimum Gasteiger partial charge on any atom is -0.493 e. The van der Waals surface area contributed by atoms with Crippen LogP contribution in [0.5, 0.6) is 11.5 Å². The SMILES string of the molecule is COc1cccc2c1OCC1C(C(=O)O)C21. The first-order valence-electron chi connectivity index (χ1n) is 5.26. The monoisotopic (exact) mass is 220 g/mol. The molecule has 0 amide bonds. The molecule has 4 heteroatoms. The summed E-state index contributed by atoms with van der Waals surface area (Å²) in [4.78, 5) is 11.0. The van der Waals surface area contributed by atoms with E-state index in [1.807, 2.05) is 18.2 Å². The first kappa shape index (κ1) is 9.51. The molecule has 4 nitrogen and oxygen atoms in total. The van der Waals surface area contributed by atoms with Crippen LogP contribution in [0, 0.1) is 11.8 Å². The van der Waals surface area contributed by atoms with E-state index in [-0.39, 0.29) is 17.8 Å². The lowest BCUT2D eigenvalue weighted by atomic mass is 10.0. The number of rotatable bonds is 2. The summed E-state index contributed by atoms with van der Waals surface area (Å²) in [6.45, 7) is 0.481. The highest BCUT2D eigenvalue weighted by molar-refractivity contribution is 5.77. The number of methoxy groups -OCH3 is 1. The summed E-state index contributed by atoms with van der Waals surface area (Å²) in [5.74, 6) is 0.637. The summed E-state index contributed by atoms with van der Waals surface area (Å²) in [5.41, 5.74) is 0.975. The van der Waals surface area contributed by atoms with E-state index in [0.29, 0.717) is 12.4 Å². The molecule has 1 aliphatic carbocycles. The van der Waals surface area contributed by atoms with Gasteiger partial charge in [-0.1, -0.05) is 12.1 Å². The van der Waals surface area contributed by atoms with Gasteiger partial charge in [0.1, 0.15) is 0 Å². The molecule has 1 saturated carbocycles. The van der Waals surface area contributed by atoms with E-state index in [0.717, 1.165) is 11.3 Å². The maximum Gasteiger partial charge on any atom is 0.307 e. The van der Waals surface area contributed by atoms with Gasteiger partial charge in [0.05, 0.1) is 19.6 Å². The van der Waals surface area contributed by atoms with Crippen LogP contribution < -0.4 is 9.47 Å². The highest BCUT2D eigenvalue weighted by Crippen LogP contribution is 2.60. The quantitative estimate of drug-likeness (QED) is 0.820. The van der Waals surface area contributed by atoms with Gasteiger partial charge < -0.3 is 14.6 Å². The molecule has 0 aromatic heterocycles. The summed E-state index contributed by atoms with van der Waals surface area (Å²) in [5, 5.41) is 9.05. The van der Waals surface area contributed by atoms with Crippen molar-refractivity contribution in [3.8, 4) is 11.5 Å². The molecule has 1 heterocycles. The average Bonchev–Trinajstić information content (AvgIpc) is 3.02. The van der Waals surface area contributed by atoms with E-state index in [2.05, 4.69) is 0 Å². The van der Waals surface area contributed by atoms with Gasteiger partial charge in [-0.25, -0.2) is 0 Å². The molecule has 3 rings (SSSR count). The number of carbonyl (C=O) groups is 1. The fourth-order valence-corrected chi connectivity index (χ4v) is 2.63. The third kappa shape index (κ3) is 1.13. The van der Waals surface area contributed by atoms with Crippen molar-refractivity contribution in [2.45, 2.75) is 5.92 Å². The van der Waals surface area contributed by atoms with Crippen LogP contribution in [0.4, 0.5) is 0 Å². The number of ether oxygens (including phenoxy) is 2. The number of hydrogen-bond donors (Lipinski definition) is 1. The molecule has 16 heavy (non-hydrogen) atoms. The van der Waals surface area contributed by atoms with Gasteiger partial charge in [-0.05, 0) is 6.07 Å². The maximum atomic E-state index is 11.0. The molecule has 1 aromatic rings. The first-order chi connectivity index (χ1) is 7.74. The third-order valence-electron chi connectivity index (χ3n) is 3.46. The molecular weight excluding hydrogens is 208 g/mol. The predicted molar refractivity (Wildman–Crippen MR) is 55.8 cm³/mol. The van der Waals surface area contributed by atoms with E-state index in [9.17, 15) is 4.79 Å². The number of para-hydroxylation sites is 1. The van der Waals surface area contributed by atoms with Crippen molar-refractivity contribution in [2.75, 3.05) is 13.7 Å². The lowest BCUT2D eigenvalue weighted by Gasteiger charge is -2.18. The largest absolute Gasteiger partial charge is 0.493 e. The topological polar surface area (TPSA) is 55.8 Å². The second kappa shape index (κ2) is 3.14. The van der Waals surface area contributed by atoms with E-state index >= 15 is 0 Å². The molecule has 0 spiro atoms. The molecular formula is C12H12O4.